The number of rotatable bonds is 11. The topological polar surface area (TPSA) is 74.9 Å². The molecule has 0 aromatic heterocycles. The van der Waals surface area contributed by atoms with Crippen molar-refractivity contribution in [3.05, 3.63) is 59.2 Å². The largest absolute Gasteiger partial charge is 0.494 e. The maximum absolute atomic E-state index is 14.2. The number of hydrogen-bond donors (Lipinski definition) is 1. The molecule has 2 aromatic carbocycles. The van der Waals surface area contributed by atoms with Gasteiger partial charge in [0.25, 0.3) is 0 Å². The first-order chi connectivity index (χ1) is 14.4. The average molecular weight is 420 g/mol. The lowest BCUT2D eigenvalue weighted by Gasteiger charge is -2.31. The highest BCUT2D eigenvalue weighted by molar-refractivity contribution is 5.51. The Morgan fingerprint density at radius 2 is 1.77 bits per heavy atom. The molecule has 1 unspecified atom stereocenters. The van der Waals surface area contributed by atoms with Gasteiger partial charge in [0.05, 0.1) is 12.7 Å². The van der Waals surface area contributed by atoms with Crippen molar-refractivity contribution in [2.75, 3.05) is 31.8 Å². The number of methoxy groups -OCH3 is 1. The monoisotopic (exact) mass is 420 g/mol. The molecular weight excluding hydrogens is 394 g/mol. The van der Waals surface area contributed by atoms with E-state index < -0.39 is 24.0 Å². The molecule has 0 aliphatic carbocycles. The van der Waals surface area contributed by atoms with E-state index in [1.54, 1.807) is 36.9 Å². The summed E-state index contributed by atoms with van der Waals surface area (Å²) in [5.41, 5.74) is 0.930. The summed E-state index contributed by atoms with van der Waals surface area (Å²) in [5, 5.41) is 19.6. The van der Waals surface area contributed by atoms with Crippen LogP contribution in [0.2, 0.25) is 0 Å². The number of hydrogen-bond acceptors (Lipinski definition) is 6. The maximum Gasteiger partial charge on any atom is 0.185 e. The number of nitrogens with zero attached hydrogens (tertiary/aromatic N) is 2. The Labute approximate surface area is 175 Å². The van der Waals surface area contributed by atoms with Crippen LogP contribution in [-0.2, 0) is 16.0 Å². The first-order valence-corrected chi connectivity index (χ1v) is 9.61. The van der Waals surface area contributed by atoms with Crippen LogP contribution in [0, 0.1) is 23.0 Å². The number of halogens is 2. The molecule has 0 saturated carbocycles. The van der Waals surface area contributed by atoms with E-state index in [0.29, 0.717) is 24.5 Å². The van der Waals surface area contributed by atoms with Crippen molar-refractivity contribution in [2.45, 2.75) is 32.8 Å². The minimum Gasteiger partial charge on any atom is -0.494 e. The molecule has 0 aliphatic rings. The number of anilines is 1. The fourth-order valence-corrected chi connectivity index (χ4v) is 2.99. The molecule has 0 aliphatic heterocycles. The van der Waals surface area contributed by atoms with Gasteiger partial charge in [0.1, 0.15) is 18.0 Å². The summed E-state index contributed by atoms with van der Waals surface area (Å²) in [4.78, 5) is 1.67. The molecule has 0 fully saturated rings. The number of benzene rings is 2. The Kier molecular flexibility index (Phi) is 8.99. The molecule has 1 N–H and O–H groups in total. The molecule has 0 radical (unpaired) electrons. The SMILES string of the molecule is CCOC(OCC)C(O)CN(Cc1ccc(OC)c(F)c1)c1ccc(C#N)c(F)c1. The van der Waals surface area contributed by atoms with Crippen LogP contribution < -0.4 is 9.64 Å². The second-order valence-corrected chi connectivity index (χ2v) is 6.47. The molecular formula is C22H26F2N2O4. The van der Waals surface area contributed by atoms with E-state index in [1.165, 1.54) is 31.4 Å². The van der Waals surface area contributed by atoms with Crippen LogP contribution in [0.25, 0.3) is 0 Å². The predicted molar refractivity (Wildman–Crippen MR) is 108 cm³/mol. The van der Waals surface area contributed by atoms with Gasteiger partial charge in [-0.2, -0.15) is 5.26 Å². The Balaban J connectivity index is 2.33. The smallest absolute Gasteiger partial charge is 0.185 e. The quantitative estimate of drug-likeness (QED) is 0.560. The Bertz CT molecular complexity index is 867. The van der Waals surface area contributed by atoms with E-state index in [0.717, 1.165) is 0 Å². The van der Waals surface area contributed by atoms with Crippen molar-refractivity contribution in [2.24, 2.45) is 0 Å². The lowest BCUT2D eigenvalue weighted by molar-refractivity contribution is -0.186. The molecule has 162 valence electrons. The fraction of sp³-hybridized carbons (Fsp3) is 0.409. The Morgan fingerprint density at radius 1 is 1.07 bits per heavy atom. The third kappa shape index (κ3) is 6.13. The average Bonchev–Trinajstić information content (AvgIpc) is 2.73. The molecule has 0 bridgehead atoms. The molecule has 6 nitrogen and oxygen atoms in total. The standard InChI is InChI=1S/C22H26F2N2O4/c1-4-29-22(30-5-2)20(27)14-26(17-8-7-16(12-25)18(23)11-17)13-15-6-9-21(28-3)19(24)10-15/h6-11,20,22,27H,4-5,13-14H2,1-3H3. The Morgan fingerprint density at radius 3 is 2.30 bits per heavy atom. The predicted octanol–water partition coefficient (Wildman–Crippen LogP) is 3.61. The summed E-state index contributed by atoms with van der Waals surface area (Å²) in [6.07, 6.45) is -1.91. The van der Waals surface area contributed by atoms with E-state index in [-0.39, 0.29) is 24.4 Å². The number of aliphatic hydroxyl groups is 1. The van der Waals surface area contributed by atoms with Gasteiger partial charge in [0, 0.05) is 32.0 Å². The van der Waals surface area contributed by atoms with Crippen LogP contribution in [0.1, 0.15) is 25.0 Å². The third-order valence-corrected chi connectivity index (χ3v) is 4.41. The lowest BCUT2D eigenvalue weighted by Crippen LogP contribution is -2.42. The zero-order valence-corrected chi connectivity index (χ0v) is 17.3. The van der Waals surface area contributed by atoms with Crippen molar-refractivity contribution in [3.8, 4) is 11.8 Å². The Hall–Kier alpha value is -2.73. The van der Waals surface area contributed by atoms with Crippen LogP contribution in [0.4, 0.5) is 14.5 Å². The minimum atomic E-state index is -1.05. The highest BCUT2D eigenvalue weighted by Gasteiger charge is 2.24. The number of nitriles is 1. The fourth-order valence-electron chi connectivity index (χ4n) is 2.99. The van der Waals surface area contributed by atoms with Gasteiger partial charge >= 0.3 is 0 Å². The zero-order valence-electron chi connectivity index (χ0n) is 17.3. The van der Waals surface area contributed by atoms with E-state index in [1.807, 2.05) is 0 Å². The summed E-state index contributed by atoms with van der Waals surface area (Å²) in [6.45, 7) is 4.46. The van der Waals surface area contributed by atoms with Crippen LogP contribution in [0.3, 0.4) is 0 Å². The third-order valence-electron chi connectivity index (χ3n) is 4.41. The first-order valence-electron chi connectivity index (χ1n) is 9.61. The number of aliphatic hydroxyl groups excluding tert-OH is 1. The van der Waals surface area contributed by atoms with Crippen LogP contribution in [-0.4, -0.2) is 44.4 Å². The molecule has 1 atom stereocenters. The van der Waals surface area contributed by atoms with Gasteiger partial charge in [0.2, 0.25) is 0 Å². The van der Waals surface area contributed by atoms with Crippen molar-refractivity contribution >= 4 is 5.69 Å². The van der Waals surface area contributed by atoms with Crippen molar-refractivity contribution in [3.63, 3.8) is 0 Å². The second-order valence-electron chi connectivity index (χ2n) is 6.47. The van der Waals surface area contributed by atoms with E-state index in [2.05, 4.69) is 0 Å². The summed E-state index contributed by atoms with van der Waals surface area (Å²) in [5.74, 6) is -1.09. The van der Waals surface area contributed by atoms with Crippen molar-refractivity contribution in [1.29, 1.82) is 5.26 Å². The van der Waals surface area contributed by atoms with Gasteiger partial charge < -0.3 is 24.2 Å². The van der Waals surface area contributed by atoms with E-state index in [9.17, 15) is 13.9 Å². The maximum atomic E-state index is 14.2. The van der Waals surface area contributed by atoms with Gasteiger partial charge in [-0.3, -0.25) is 0 Å². The molecule has 0 amide bonds. The summed E-state index contributed by atoms with van der Waals surface area (Å²) < 4.78 is 44.2. The zero-order chi connectivity index (χ0) is 22.1. The molecule has 8 heteroatoms. The molecule has 30 heavy (non-hydrogen) atoms. The molecule has 2 aromatic rings. The molecule has 0 spiro atoms. The van der Waals surface area contributed by atoms with Gasteiger partial charge in [-0.05, 0) is 49.7 Å². The molecule has 0 saturated heterocycles. The van der Waals surface area contributed by atoms with Crippen LogP contribution in [0.5, 0.6) is 5.75 Å². The van der Waals surface area contributed by atoms with E-state index in [4.69, 9.17) is 19.5 Å². The van der Waals surface area contributed by atoms with Gasteiger partial charge in [-0.1, -0.05) is 6.07 Å². The highest BCUT2D eigenvalue weighted by atomic mass is 19.1. The first kappa shape index (κ1) is 23.5. The summed E-state index contributed by atoms with van der Waals surface area (Å²) in [6, 6.07) is 10.4. The lowest BCUT2D eigenvalue weighted by atomic mass is 10.1. The summed E-state index contributed by atoms with van der Waals surface area (Å²) in [7, 11) is 1.38. The highest BCUT2D eigenvalue weighted by Crippen LogP contribution is 2.24. The number of ether oxygens (including phenoxy) is 3. The van der Waals surface area contributed by atoms with Crippen LogP contribution in [0.15, 0.2) is 36.4 Å². The van der Waals surface area contributed by atoms with Gasteiger partial charge in [0.15, 0.2) is 17.9 Å². The normalized spacial score (nSPS) is 11.9. The van der Waals surface area contributed by atoms with Crippen molar-refractivity contribution < 1.29 is 28.1 Å². The summed E-state index contributed by atoms with van der Waals surface area (Å²) >= 11 is 0. The van der Waals surface area contributed by atoms with Gasteiger partial charge in [-0.25, -0.2) is 8.78 Å². The molecule has 0 heterocycles. The minimum absolute atomic E-state index is 0.0314. The van der Waals surface area contributed by atoms with E-state index >= 15 is 0 Å². The van der Waals surface area contributed by atoms with Gasteiger partial charge in [-0.15, -0.1) is 0 Å². The molecule has 2 rings (SSSR count). The van der Waals surface area contributed by atoms with Crippen molar-refractivity contribution in [1.82, 2.24) is 0 Å². The second kappa shape index (κ2) is 11.5. The van der Waals surface area contributed by atoms with Crippen LogP contribution >= 0.6 is 0 Å².